The van der Waals surface area contributed by atoms with Crippen molar-refractivity contribution in [1.82, 2.24) is 0 Å². The third-order valence-electron chi connectivity index (χ3n) is 21.4. The Hall–Kier alpha value is -6.96. The first-order valence-corrected chi connectivity index (χ1v) is 43.8. The SMILES string of the molecule is CCCCCCCCCCCCc1ccc(NC(=O)C(N=Nc2ccccc2C(=O)OCCCCCCCCC(CCCCCCCCC)C(CCCCCCCCC)CCCCCCCCOC(=O)c2ccccc2N=NC(C(=O)Nc2ccc(CCCCCCCCCCCC)cc2)=C(C)O)=C(C)O)cc1. The molecule has 4 aromatic carbocycles. The number of nitrogens with zero attached hydrogens (tertiary/aromatic N) is 4. The van der Waals surface area contributed by atoms with Gasteiger partial charge in [0.2, 0.25) is 0 Å². The Morgan fingerprint density at radius 1 is 0.324 bits per heavy atom. The lowest BCUT2D eigenvalue weighted by atomic mass is 9.78. The van der Waals surface area contributed by atoms with E-state index in [2.05, 4.69) is 58.8 Å². The molecule has 0 fully saturated rings. The number of aliphatic hydroxyl groups is 2. The first kappa shape index (κ1) is 93.4. The number of rotatable bonds is 67. The van der Waals surface area contributed by atoms with Gasteiger partial charge in [0.1, 0.15) is 22.9 Å². The zero-order valence-corrected chi connectivity index (χ0v) is 68.7. The topological polar surface area (TPSA) is 201 Å². The molecule has 4 N–H and O–H groups in total. The number of aryl methyl sites for hydroxylation is 2. The number of carbonyl (C=O) groups is 4. The molecule has 0 saturated heterocycles. The van der Waals surface area contributed by atoms with E-state index in [1.807, 2.05) is 48.5 Å². The number of aliphatic hydroxyl groups excluding tert-OH is 2. The molecule has 0 radical (unpaired) electrons. The van der Waals surface area contributed by atoms with Crippen molar-refractivity contribution in [2.24, 2.45) is 32.3 Å². The predicted octanol–water partition coefficient (Wildman–Crippen LogP) is 29.6. The minimum Gasteiger partial charge on any atom is -0.510 e. The maximum Gasteiger partial charge on any atom is 0.340 e. The minimum absolute atomic E-state index is 0.238. The van der Waals surface area contributed by atoms with Crippen molar-refractivity contribution in [2.45, 2.75) is 375 Å². The van der Waals surface area contributed by atoms with E-state index in [0.717, 1.165) is 76.0 Å². The molecule has 108 heavy (non-hydrogen) atoms. The second kappa shape index (κ2) is 62.8. The van der Waals surface area contributed by atoms with Crippen LogP contribution >= 0.6 is 0 Å². The second-order valence-electron chi connectivity index (χ2n) is 30.9. The smallest absolute Gasteiger partial charge is 0.340 e. The lowest BCUT2D eigenvalue weighted by Gasteiger charge is -2.28. The molecule has 2 unspecified atom stereocenters. The maximum atomic E-state index is 13.4. The van der Waals surface area contributed by atoms with Crippen molar-refractivity contribution in [3.8, 4) is 0 Å². The number of ether oxygens (including phenoxy) is 2. The molecular weight excluding hydrogens is 1340 g/mol. The molecule has 0 saturated carbocycles. The highest BCUT2D eigenvalue weighted by atomic mass is 16.5. The summed E-state index contributed by atoms with van der Waals surface area (Å²) in [5.74, 6) is -1.22. The van der Waals surface area contributed by atoms with Crippen LogP contribution in [0.2, 0.25) is 0 Å². The molecule has 4 rings (SSSR count). The number of azo groups is 2. The summed E-state index contributed by atoms with van der Waals surface area (Å²) in [5, 5.41) is 43.5. The lowest BCUT2D eigenvalue weighted by Crippen LogP contribution is -2.16. The summed E-state index contributed by atoms with van der Waals surface area (Å²) >= 11 is 0. The minimum atomic E-state index is -0.594. The molecular formula is C94H148N6O8. The van der Waals surface area contributed by atoms with Gasteiger partial charge in [-0.2, -0.15) is 0 Å². The number of amides is 2. The van der Waals surface area contributed by atoms with Crippen LogP contribution in [0.3, 0.4) is 0 Å². The number of esters is 2. The quantitative estimate of drug-likeness (QED) is 0.0110. The third kappa shape index (κ3) is 44.0. The second-order valence-corrected chi connectivity index (χ2v) is 30.9. The van der Waals surface area contributed by atoms with E-state index in [4.69, 9.17) is 9.47 Å². The molecule has 0 spiro atoms. The van der Waals surface area contributed by atoms with E-state index in [0.29, 0.717) is 24.6 Å². The van der Waals surface area contributed by atoms with E-state index < -0.39 is 23.8 Å². The van der Waals surface area contributed by atoms with Gasteiger partial charge in [0.05, 0.1) is 24.3 Å². The molecule has 0 aliphatic heterocycles. The zero-order valence-electron chi connectivity index (χ0n) is 68.7. The zero-order chi connectivity index (χ0) is 77.5. The van der Waals surface area contributed by atoms with E-state index in [1.54, 1.807) is 48.5 Å². The number of benzene rings is 4. The van der Waals surface area contributed by atoms with Crippen molar-refractivity contribution < 1.29 is 38.9 Å². The van der Waals surface area contributed by atoms with Crippen LogP contribution in [0.25, 0.3) is 0 Å². The van der Waals surface area contributed by atoms with Crippen molar-refractivity contribution in [3.63, 3.8) is 0 Å². The van der Waals surface area contributed by atoms with Gasteiger partial charge in [-0.05, 0) is 124 Å². The standard InChI is InChI=1S/C94H148N6O8/c1-7-11-15-19-23-25-27-31-37-45-57-79-67-71-83(72-68-79)95-91(103)89(77(5)101)99-97-87-65-53-51-63-85(87)93(105)107-75-55-43-35-33-41-49-61-81(59-47-39-29-21-17-13-9-3)82(60-48-40-30-22-18-14-10-4)62-50-42-34-36-44-56-76-108-94(106)86-64-52-54-66-88(86)98-100-90(78(6)102)92(104)96-84-73-69-80(70-74-84)58-46-38-32-28-26-24-20-16-12-8-2/h51-54,63-74,81-82,101-102H,7-50,55-62,75-76H2,1-6H3,(H,95,103)(H,96,104). The average molecular weight is 1490 g/mol. The first-order valence-electron chi connectivity index (χ1n) is 43.8. The van der Waals surface area contributed by atoms with Gasteiger partial charge in [-0.25, -0.2) is 9.59 Å². The van der Waals surface area contributed by atoms with Gasteiger partial charge in [-0.15, -0.1) is 20.5 Å². The number of hydrogen-bond donors (Lipinski definition) is 4. The Morgan fingerprint density at radius 3 is 0.852 bits per heavy atom. The number of allylic oxidation sites excluding steroid dienone is 2. The monoisotopic (exact) mass is 1490 g/mol. The molecule has 602 valence electrons. The van der Waals surface area contributed by atoms with Gasteiger partial charge in [0, 0.05) is 11.4 Å². The highest BCUT2D eigenvalue weighted by Gasteiger charge is 2.23. The van der Waals surface area contributed by atoms with Crippen LogP contribution in [0.5, 0.6) is 0 Å². The molecule has 4 aromatic rings. The fourth-order valence-electron chi connectivity index (χ4n) is 14.6. The van der Waals surface area contributed by atoms with Crippen molar-refractivity contribution >= 4 is 46.5 Å². The normalized spacial score (nSPS) is 12.7. The van der Waals surface area contributed by atoms with E-state index in [1.165, 1.54) is 295 Å². The summed E-state index contributed by atoms with van der Waals surface area (Å²) in [6.07, 6.45) is 64.9. The van der Waals surface area contributed by atoms with E-state index in [-0.39, 0.29) is 45.4 Å². The van der Waals surface area contributed by atoms with Crippen molar-refractivity contribution in [1.29, 1.82) is 0 Å². The van der Waals surface area contributed by atoms with E-state index >= 15 is 0 Å². The number of carbonyl (C=O) groups excluding carboxylic acids is 4. The predicted molar refractivity (Wildman–Crippen MR) is 451 cm³/mol. The van der Waals surface area contributed by atoms with Gasteiger partial charge >= 0.3 is 11.9 Å². The Morgan fingerprint density at radius 2 is 0.574 bits per heavy atom. The molecule has 0 heterocycles. The first-order chi connectivity index (χ1) is 52.9. The van der Waals surface area contributed by atoms with Crippen molar-refractivity contribution in [3.05, 3.63) is 142 Å². The van der Waals surface area contributed by atoms with Gasteiger partial charge in [0.15, 0.2) is 11.4 Å². The third-order valence-corrected chi connectivity index (χ3v) is 21.4. The average Bonchev–Trinajstić information content (AvgIpc) is 0.855. The molecule has 2 amide bonds. The molecule has 0 bridgehead atoms. The molecule has 0 aromatic heterocycles. The fraction of sp³-hybridized carbons (Fsp3) is 0.660. The Bertz CT molecular complexity index is 2910. The highest BCUT2D eigenvalue weighted by molar-refractivity contribution is 6.04. The summed E-state index contributed by atoms with van der Waals surface area (Å²) in [5.41, 5.74) is 4.18. The Balaban J connectivity index is 1.19. The number of hydrogen-bond acceptors (Lipinski definition) is 12. The molecule has 14 heteroatoms. The van der Waals surface area contributed by atoms with Gasteiger partial charge in [0.25, 0.3) is 11.8 Å². The van der Waals surface area contributed by atoms with Crippen LogP contribution in [0.1, 0.15) is 394 Å². The van der Waals surface area contributed by atoms with Crippen molar-refractivity contribution in [2.75, 3.05) is 23.8 Å². The van der Waals surface area contributed by atoms with Crippen LogP contribution in [-0.2, 0) is 31.9 Å². The molecule has 0 aliphatic rings. The molecule has 0 aliphatic carbocycles. The maximum absolute atomic E-state index is 13.4. The number of unbranched alkanes of at least 4 members (excludes halogenated alkanes) is 40. The summed E-state index contributed by atoms with van der Waals surface area (Å²) in [6.45, 7) is 12.5. The molecule has 2 atom stereocenters. The Kier molecular flexibility index (Phi) is 54.3. The number of nitrogens with one attached hydrogen (secondary N) is 2. The van der Waals surface area contributed by atoms with Crippen LogP contribution in [0.15, 0.2) is 140 Å². The van der Waals surface area contributed by atoms with Crippen LogP contribution in [0.4, 0.5) is 22.7 Å². The lowest BCUT2D eigenvalue weighted by molar-refractivity contribution is -0.113. The molecule has 14 nitrogen and oxygen atoms in total. The summed E-state index contributed by atoms with van der Waals surface area (Å²) < 4.78 is 11.5. The van der Waals surface area contributed by atoms with Crippen LogP contribution < -0.4 is 10.6 Å². The summed E-state index contributed by atoms with van der Waals surface area (Å²) in [6, 6.07) is 29.2. The van der Waals surface area contributed by atoms with Gasteiger partial charge in [-0.1, -0.05) is 372 Å². The highest BCUT2D eigenvalue weighted by Crippen LogP contribution is 2.35. The fourth-order valence-corrected chi connectivity index (χ4v) is 14.6. The Labute approximate surface area is 655 Å². The van der Waals surface area contributed by atoms with Gasteiger partial charge in [-0.3, -0.25) is 9.59 Å². The largest absolute Gasteiger partial charge is 0.510 e. The van der Waals surface area contributed by atoms with E-state index in [9.17, 15) is 29.4 Å². The van der Waals surface area contributed by atoms with Crippen LogP contribution in [-0.4, -0.2) is 47.2 Å². The number of anilines is 2. The summed E-state index contributed by atoms with van der Waals surface area (Å²) in [7, 11) is 0. The van der Waals surface area contributed by atoms with Gasteiger partial charge < -0.3 is 30.3 Å². The summed E-state index contributed by atoms with van der Waals surface area (Å²) in [4.78, 5) is 53.6. The van der Waals surface area contributed by atoms with Crippen LogP contribution in [0, 0.1) is 11.8 Å².